The molecule has 2 aromatic heterocycles. The molecule has 25 heavy (non-hydrogen) atoms. The number of nitrogens with one attached hydrogen (secondary N) is 1. The Hall–Kier alpha value is -3.28. The average molecular weight is 333 g/mol. The van der Waals surface area contributed by atoms with Crippen LogP contribution in [-0.4, -0.2) is 27.9 Å². The maximum absolute atomic E-state index is 12.7. The summed E-state index contributed by atoms with van der Waals surface area (Å²) in [4.78, 5) is 26.9. The van der Waals surface area contributed by atoms with Gasteiger partial charge in [0.05, 0.1) is 0 Å². The summed E-state index contributed by atoms with van der Waals surface area (Å²) in [6.07, 6.45) is 3.48. The van der Waals surface area contributed by atoms with Crippen molar-refractivity contribution in [3.8, 4) is 0 Å². The number of pyridine rings is 1. The van der Waals surface area contributed by atoms with Gasteiger partial charge < -0.3 is 10.2 Å². The minimum Gasteiger partial charge on any atom is -0.366 e. The highest BCUT2D eigenvalue weighted by Gasteiger charge is 2.16. The van der Waals surface area contributed by atoms with Gasteiger partial charge in [-0.2, -0.15) is 0 Å². The number of rotatable bonds is 5. The molecule has 6 heteroatoms. The van der Waals surface area contributed by atoms with E-state index in [9.17, 15) is 4.79 Å². The zero-order valence-corrected chi connectivity index (χ0v) is 14.2. The number of hydrogen-bond acceptors (Lipinski definition) is 5. The maximum atomic E-state index is 12.7. The van der Waals surface area contributed by atoms with E-state index in [1.807, 2.05) is 42.5 Å². The van der Waals surface area contributed by atoms with Crippen molar-refractivity contribution in [3.05, 3.63) is 78.0 Å². The molecule has 0 saturated carbocycles. The van der Waals surface area contributed by atoms with Gasteiger partial charge in [0.25, 0.3) is 5.91 Å². The van der Waals surface area contributed by atoms with E-state index in [0.717, 1.165) is 11.3 Å². The molecule has 0 saturated heterocycles. The second-order valence-electron chi connectivity index (χ2n) is 5.59. The highest BCUT2D eigenvalue weighted by Crippen LogP contribution is 2.16. The summed E-state index contributed by atoms with van der Waals surface area (Å²) >= 11 is 0. The molecule has 126 valence electrons. The van der Waals surface area contributed by atoms with Crippen LogP contribution in [0.3, 0.4) is 0 Å². The van der Waals surface area contributed by atoms with Gasteiger partial charge >= 0.3 is 0 Å². The standard InChI is InChI=1S/C19H19N5O/c1-14-22-17(19(25)24(2)16-6-4-3-5-7-16)12-18(23-14)21-13-15-8-10-20-11-9-15/h3-12H,13H2,1-2H3,(H,21,22,23). The Balaban J connectivity index is 1.78. The molecule has 0 aliphatic rings. The first-order valence-corrected chi connectivity index (χ1v) is 7.95. The number of hydrogen-bond donors (Lipinski definition) is 1. The van der Waals surface area contributed by atoms with E-state index in [4.69, 9.17) is 0 Å². The quantitative estimate of drug-likeness (QED) is 0.777. The first kappa shape index (κ1) is 16.6. The fourth-order valence-electron chi connectivity index (χ4n) is 2.40. The van der Waals surface area contributed by atoms with Crippen molar-refractivity contribution in [2.75, 3.05) is 17.3 Å². The Morgan fingerprint density at radius 3 is 2.52 bits per heavy atom. The fourth-order valence-corrected chi connectivity index (χ4v) is 2.40. The molecule has 1 aromatic carbocycles. The molecule has 2 heterocycles. The van der Waals surface area contributed by atoms with Crippen LogP contribution in [-0.2, 0) is 6.54 Å². The van der Waals surface area contributed by atoms with E-state index in [0.29, 0.717) is 23.9 Å². The van der Waals surface area contributed by atoms with Crippen LogP contribution in [0.4, 0.5) is 11.5 Å². The summed E-state index contributed by atoms with van der Waals surface area (Å²) < 4.78 is 0. The second-order valence-corrected chi connectivity index (χ2v) is 5.59. The van der Waals surface area contributed by atoms with E-state index < -0.39 is 0 Å². The molecule has 6 nitrogen and oxygen atoms in total. The third kappa shape index (κ3) is 4.17. The molecule has 3 rings (SSSR count). The molecule has 0 radical (unpaired) electrons. The minimum atomic E-state index is -0.177. The van der Waals surface area contributed by atoms with Gasteiger partial charge in [0.1, 0.15) is 17.3 Å². The molecule has 0 unspecified atom stereocenters. The summed E-state index contributed by atoms with van der Waals surface area (Å²) in [7, 11) is 1.74. The van der Waals surface area contributed by atoms with Crippen LogP contribution >= 0.6 is 0 Å². The maximum Gasteiger partial charge on any atom is 0.276 e. The normalized spacial score (nSPS) is 10.3. The van der Waals surface area contributed by atoms with Crippen LogP contribution in [0.25, 0.3) is 0 Å². The average Bonchev–Trinajstić information content (AvgIpc) is 2.66. The lowest BCUT2D eigenvalue weighted by Crippen LogP contribution is -2.27. The lowest BCUT2D eigenvalue weighted by Gasteiger charge is -2.17. The molecule has 0 aliphatic heterocycles. The van der Waals surface area contributed by atoms with Crippen molar-refractivity contribution in [3.63, 3.8) is 0 Å². The number of amides is 1. The number of aryl methyl sites for hydroxylation is 1. The number of nitrogens with zero attached hydrogens (tertiary/aromatic N) is 4. The third-order valence-corrected chi connectivity index (χ3v) is 3.73. The Morgan fingerprint density at radius 1 is 1.08 bits per heavy atom. The molecule has 1 N–H and O–H groups in total. The highest BCUT2D eigenvalue weighted by atomic mass is 16.2. The van der Waals surface area contributed by atoms with E-state index in [2.05, 4.69) is 20.3 Å². The number of carbonyl (C=O) groups excluding carboxylic acids is 1. The number of aromatic nitrogens is 3. The Morgan fingerprint density at radius 2 is 1.80 bits per heavy atom. The van der Waals surface area contributed by atoms with Crippen LogP contribution in [0.5, 0.6) is 0 Å². The number of benzene rings is 1. The van der Waals surface area contributed by atoms with E-state index in [-0.39, 0.29) is 5.91 Å². The van der Waals surface area contributed by atoms with Crippen LogP contribution in [0, 0.1) is 6.92 Å². The predicted octanol–water partition coefficient (Wildman–Crippen LogP) is 3.07. The van der Waals surface area contributed by atoms with Crippen molar-refractivity contribution in [1.29, 1.82) is 0 Å². The number of para-hydroxylation sites is 1. The third-order valence-electron chi connectivity index (χ3n) is 3.73. The first-order chi connectivity index (χ1) is 12.1. The monoisotopic (exact) mass is 333 g/mol. The van der Waals surface area contributed by atoms with Gasteiger partial charge in [-0.25, -0.2) is 9.97 Å². The van der Waals surface area contributed by atoms with Gasteiger partial charge in [0.2, 0.25) is 0 Å². The first-order valence-electron chi connectivity index (χ1n) is 7.95. The van der Waals surface area contributed by atoms with Gasteiger partial charge in [-0.1, -0.05) is 18.2 Å². The molecule has 0 aliphatic carbocycles. The van der Waals surface area contributed by atoms with Crippen molar-refractivity contribution in [2.45, 2.75) is 13.5 Å². The summed E-state index contributed by atoms with van der Waals surface area (Å²) in [5.41, 5.74) is 2.26. The fraction of sp³-hybridized carbons (Fsp3) is 0.158. The van der Waals surface area contributed by atoms with Gasteiger partial charge in [-0.05, 0) is 36.8 Å². The SMILES string of the molecule is Cc1nc(NCc2ccncc2)cc(C(=O)N(C)c2ccccc2)n1. The van der Waals surface area contributed by atoms with Crippen LogP contribution in [0.1, 0.15) is 21.9 Å². The molecule has 1 amide bonds. The Bertz CT molecular complexity index is 852. The van der Waals surface area contributed by atoms with Gasteiger partial charge in [0.15, 0.2) is 0 Å². The van der Waals surface area contributed by atoms with Gasteiger partial charge in [-0.15, -0.1) is 0 Å². The molecular weight excluding hydrogens is 314 g/mol. The molecule has 0 fully saturated rings. The molecule has 0 spiro atoms. The van der Waals surface area contributed by atoms with E-state index in [1.54, 1.807) is 37.3 Å². The summed E-state index contributed by atoms with van der Waals surface area (Å²) in [5.74, 6) is 0.988. The minimum absolute atomic E-state index is 0.177. The van der Waals surface area contributed by atoms with E-state index in [1.165, 1.54) is 0 Å². The highest BCUT2D eigenvalue weighted by molar-refractivity contribution is 6.04. The molecule has 0 atom stereocenters. The molecular formula is C19H19N5O. The second kappa shape index (κ2) is 7.53. The topological polar surface area (TPSA) is 71.0 Å². The van der Waals surface area contributed by atoms with Crippen LogP contribution < -0.4 is 10.2 Å². The number of anilines is 2. The largest absolute Gasteiger partial charge is 0.366 e. The Labute approximate surface area is 146 Å². The Kier molecular flexibility index (Phi) is 4.99. The summed E-state index contributed by atoms with van der Waals surface area (Å²) in [6.45, 7) is 2.37. The van der Waals surface area contributed by atoms with Crippen LogP contribution in [0.15, 0.2) is 60.9 Å². The van der Waals surface area contributed by atoms with E-state index >= 15 is 0 Å². The summed E-state index contributed by atoms with van der Waals surface area (Å²) in [5, 5.41) is 3.23. The summed E-state index contributed by atoms with van der Waals surface area (Å²) in [6, 6.07) is 15.0. The van der Waals surface area contributed by atoms with Crippen molar-refractivity contribution >= 4 is 17.4 Å². The lowest BCUT2D eigenvalue weighted by molar-refractivity contribution is 0.0988. The smallest absolute Gasteiger partial charge is 0.276 e. The van der Waals surface area contributed by atoms with Gasteiger partial charge in [-0.3, -0.25) is 9.78 Å². The molecule has 3 aromatic rings. The van der Waals surface area contributed by atoms with Crippen LogP contribution in [0.2, 0.25) is 0 Å². The molecule has 0 bridgehead atoms. The lowest BCUT2D eigenvalue weighted by atomic mass is 10.2. The van der Waals surface area contributed by atoms with Crippen molar-refractivity contribution < 1.29 is 4.79 Å². The van der Waals surface area contributed by atoms with Crippen molar-refractivity contribution in [1.82, 2.24) is 15.0 Å². The zero-order valence-electron chi connectivity index (χ0n) is 14.2. The number of carbonyl (C=O) groups is 1. The zero-order chi connectivity index (χ0) is 17.6. The van der Waals surface area contributed by atoms with Gasteiger partial charge in [0, 0.05) is 37.7 Å². The predicted molar refractivity (Wildman–Crippen MR) is 97.5 cm³/mol. The van der Waals surface area contributed by atoms with Crippen molar-refractivity contribution in [2.24, 2.45) is 0 Å².